The van der Waals surface area contributed by atoms with Crippen LogP contribution in [-0.4, -0.2) is 40.4 Å². The number of urea groups is 1. The first-order chi connectivity index (χ1) is 12.2. The third-order valence-corrected chi connectivity index (χ3v) is 4.79. The van der Waals surface area contributed by atoms with Crippen molar-refractivity contribution in [2.75, 3.05) is 25.2 Å². The normalized spacial score (nSPS) is 19.1. The zero-order valence-electron chi connectivity index (χ0n) is 14.3. The lowest BCUT2D eigenvalue weighted by Gasteiger charge is -2.32. The molecule has 4 rings (SSSR count). The fourth-order valence-electron chi connectivity index (χ4n) is 3.50. The van der Waals surface area contributed by atoms with Gasteiger partial charge >= 0.3 is 6.03 Å². The second-order valence-electron chi connectivity index (χ2n) is 6.35. The fraction of sp³-hybridized carbons (Fsp3) is 0.444. The van der Waals surface area contributed by atoms with Gasteiger partial charge in [0.2, 0.25) is 6.79 Å². The predicted molar refractivity (Wildman–Crippen MR) is 93.0 cm³/mol. The van der Waals surface area contributed by atoms with Crippen LogP contribution >= 0.6 is 0 Å². The summed E-state index contributed by atoms with van der Waals surface area (Å²) >= 11 is 0. The largest absolute Gasteiger partial charge is 0.454 e. The van der Waals surface area contributed by atoms with Gasteiger partial charge in [-0.15, -0.1) is 0 Å². The second-order valence-corrected chi connectivity index (χ2v) is 6.35. The molecule has 0 radical (unpaired) electrons. The molecule has 0 saturated carbocycles. The van der Waals surface area contributed by atoms with Gasteiger partial charge in [0.05, 0.1) is 0 Å². The highest BCUT2D eigenvalue weighted by atomic mass is 16.7. The van der Waals surface area contributed by atoms with Crippen LogP contribution in [0.2, 0.25) is 0 Å². The highest BCUT2D eigenvalue weighted by Crippen LogP contribution is 2.34. The molecule has 1 N–H and O–H groups in total. The molecule has 0 bridgehead atoms. The molecule has 1 aromatic heterocycles. The number of fused-ring (bicyclic) bond motifs is 1. The number of aryl methyl sites for hydroxylation is 1. The number of hydrogen-bond donors (Lipinski definition) is 1. The lowest BCUT2D eigenvalue weighted by molar-refractivity contribution is 0.174. The van der Waals surface area contributed by atoms with E-state index in [1.807, 2.05) is 29.4 Å². The Hall–Kier alpha value is -2.70. The molecular weight excluding hydrogens is 320 g/mol. The first-order valence-electron chi connectivity index (χ1n) is 8.71. The van der Waals surface area contributed by atoms with E-state index >= 15 is 0 Å². The molecular formula is C18H22N4O3. The van der Waals surface area contributed by atoms with Gasteiger partial charge in [0, 0.05) is 49.7 Å². The second kappa shape index (κ2) is 6.66. The molecule has 0 aliphatic carbocycles. The van der Waals surface area contributed by atoms with Crippen LogP contribution in [0.1, 0.15) is 31.5 Å². The van der Waals surface area contributed by atoms with Gasteiger partial charge in [-0.25, -0.2) is 9.78 Å². The third kappa shape index (κ3) is 3.14. The number of carbonyl (C=O) groups is 1. The maximum absolute atomic E-state index is 12.7. The Morgan fingerprint density at radius 2 is 2.24 bits per heavy atom. The van der Waals surface area contributed by atoms with E-state index in [0.29, 0.717) is 23.7 Å². The number of piperidine rings is 1. The van der Waals surface area contributed by atoms with Crippen LogP contribution in [0, 0.1) is 0 Å². The van der Waals surface area contributed by atoms with Crippen LogP contribution in [-0.2, 0) is 6.54 Å². The van der Waals surface area contributed by atoms with Crippen LogP contribution < -0.4 is 14.8 Å². The van der Waals surface area contributed by atoms with E-state index in [2.05, 4.69) is 21.8 Å². The number of carbonyl (C=O) groups excluding carboxylic acids is 1. The standard InChI is InChI=1S/C18H22N4O3/c1-2-21-9-7-19-17(21)13-4-3-8-22(11-13)18(23)20-14-5-6-15-16(10-14)25-12-24-15/h5-7,9-10,13H,2-4,8,11-12H2,1H3,(H,20,23)/t13-/m1/s1. The molecule has 7 heteroatoms. The topological polar surface area (TPSA) is 68.6 Å². The van der Waals surface area contributed by atoms with Gasteiger partial charge in [0.15, 0.2) is 11.5 Å². The third-order valence-electron chi connectivity index (χ3n) is 4.79. The van der Waals surface area contributed by atoms with Gasteiger partial charge in [-0.05, 0) is 31.9 Å². The van der Waals surface area contributed by atoms with Crippen LogP contribution in [0.4, 0.5) is 10.5 Å². The van der Waals surface area contributed by atoms with Gasteiger partial charge in [0.1, 0.15) is 5.82 Å². The molecule has 3 heterocycles. The van der Waals surface area contributed by atoms with Gasteiger partial charge < -0.3 is 24.3 Å². The molecule has 0 spiro atoms. The number of aromatic nitrogens is 2. The van der Waals surface area contributed by atoms with Crippen molar-refractivity contribution in [1.29, 1.82) is 0 Å². The van der Waals surface area contributed by atoms with Gasteiger partial charge in [-0.1, -0.05) is 0 Å². The molecule has 7 nitrogen and oxygen atoms in total. The Bertz CT molecular complexity index is 773. The van der Waals surface area contributed by atoms with E-state index < -0.39 is 0 Å². The average Bonchev–Trinajstić information content (AvgIpc) is 3.30. The number of nitrogens with zero attached hydrogens (tertiary/aromatic N) is 3. The number of hydrogen-bond acceptors (Lipinski definition) is 4. The number of anilines is 1. The number of likely N-dealkylation sites (tertiary alicyclic amines) is 1. The Morgan fingerprint density at radius 1 is 1.36 bits per heavy atom. The van der Waals surface area contributed by atoms with Crippen molar-refractivity contribution in [1.82, 2.24) is 14.5 Å². The van der Waals surface area contributed by atoms with E-state index in [-0.39, 0.29) is 18.7 Å². The minimum absolute atomic E-state index is 0.0850. The number of nitrogens with one attached hydrogen (secondary N) is 1. The van der Waals surface area contributed by atoms with Crippen molar-refractivity contribution < 1.29 is 14.3 Å². The number of benzene rings is 1. The van der Waals surface area contributed by atoms with Gasteiger partial charge in [-0.2, -0.15) is 0 Å². The fourth-order valence-corrected chi connectivity index (χ4v) is 3.50. The first kappa shape index (κ1) is 15.8. The molecule has 2 aromatic rings. The maximum Gasteiger partial charge on any atom is 0.321 e. The molecule has 2 amide bonds. The lowest BCUT2D eigenvalue weighted by Crippen LogP contribution is -2.42. The smallest absolute Gasteiger partial charge is 0.321 e. The molecule has 2 aliphatic rings. The van der Waals surface area contributed by atoms with E-state index in [1.165, 1.54) is 0 Å². The van der Waals surface area contributed by atoms with Crippen molar-refractivity contribution >= 4 is 11.7 Å². The van der Waals surface area contributed by atoms with Crippen LogP contribution in [0.25, 0.3) is 0 Å². The average molecular weight is 342 g/mol. The zero-order chi connectivity index (χ0) is 17.2. The summed E-state index contributed by atoms with van der Waals surface area (Å²) in [5, 5.41) is 2.96. The van der Waals surface area contributed by atoms with Crippen LogP contribution in [0.5, 0.6) is 11.5 Å². The van der Waals surface area contributed by atoms with Crippen molar-refractivity contribution in [2.24, 2.45) is 0 Å². The molecule has 1 saturated heterocycles. The summed E-state index contributed by atoms with van der Waals surface area (Å²) in [5.74, 6) is 2.73. The summed E-state index contributed by atoms with van der Waals surface area (Å²) in [6, 6.07) is 5.36. The lowest BCUT2D eigenvalue weighted by atomic mass is 9.97. The predicted octanol–water partition coefficient (Wildman–Crippen LogP) is 3.04. The molecule has 1 fully saturated rings. The van der Waals surface area contributed by atoms with Gasteiger partial charge in [0.25, 0.3) is 0 Å². The van der Waals surface area contributed by atoms with E-state index in [9.17, 15) is 4.79 Å². The van der Waals surface area contributed by atoms with E-state index in [4.69, 9.17) is 9.47 Å². The van der Waals surface area contributed by atoms with E-state index in [0.717, 1.165) is 31.8 Å². The summed E-state index contributed by atoms with van der Waals surface area (Å²) in [4.78, 5) is 19.0. The summed E-state index contributed by atoms with van der Waals surface area (Å²) in [5.41, 5.74) is 0.714. The quantitative estimate of drug-likeness (QED) is 0.931. The van der Waals surface area contributed by atoms with Crippen LogP contribution in [0.15, 0.2) is 30.6 Å². The van der Waals surface area contributed by atoms with Crippen molar-refractivity contribution in [2.45, 2.75) is 32.2 Å². The van der Waals surface area contributed by atoms with Gasteiger partial charge in [-0.3, -0.25) is 0 Å². The molecule has 1 aromatic carbocycles. The summed E-state index contributed by atoms with van der Waals surface area (Å²) in [7, 11) is 0. The van der Waals surface area contributed by atoms with Crippen molar-refractivity contribution in [3.05, 3.63) is 36.4 Å². The Kier molecular flexibility index (Phi) is 4.21. The minimum Gasteiger partial charge on any atom is -0.454 e. The summed E-state index contributed by atoms with van der Waals surface area (Å²) in [6.07, 6.45) is 5.88. The minimum atomic E-state index is -0.0850. The molecule has 0 unspecified atom stereocenters. The Balaban J connectivity index is 1.43. The Labute approximate surface area is 146 Å². The monoisotopic (exact) mass is 342 g/mol. The first-order valence-corrected chi connectivity index (χ1v) is 8.71. The van der Waals surface area contributed by atoms with E-state index in [1.54, 1.807) is 6.07 Å². The molecule has 2 aliphatic heterocycles. The number of imidazole rings is 1. The van der Waals surface area contributed by atoms with Crippen LogP contribution in [0.3, 0.4) is 0 Å². The van der Waals surface area contributed by atoms with Crippen molar-refractivity contribution in [3.8, 4) is 11.5 Å². The highest BCUT2D eigenvalue weighted by molar-refractivity contribution is 5.89. The maximum atomic E-state index is 12.7. The molecule has 132 valence electrons. The zero-order valence-corrected chi connectivity index (χ0v) is 14.3. The number of ether oxygens (including phenoxy) is 2. The highest BCUT2D eigenvalue weighted by Gasteiger charge is 2.27. The number of rotatable bonds is 3. The van der Waals surface area contributed by atoms with Crippen molar-refractivity contribution in [3.63, 3.8) is 0 Å². The molecule has 25 heavy (non-hydrogen) atoms. The Morgan fingerprint density at radius 3 is 3.12 bits per heavy atom. The summed E-state index contributed by atoms with van der Waals surface area (Å²) in [6.45, 7) is 4.69. The summed E-state index contributed by atoms with van der Waals surface area (Å²) < 4.78 is 12.8. The number of amides is 2. The SMILES string of the molecule is CCn1ccnc1[C@@H]1CCCN(C(=O)Nc2ccc3c(c2)OCO3)C1. The molecule has 1 atom stereocenters.